The Morgan fingerprint density at radius 3 is 1.93 bits per heavy atom. The number of rotatable bonds is 7. The number of hydrogen-bond acceptors (Lipinski definition) is 3. The largest absolute Gasteiger partial charge is 0.463 e. The van der Waals surface area contributed by atoms with Crippen molar-refractivity contribution in [1.82, 2.24) is 0 Å². The summed E-state index contributed by atoms with van der Waals surface area (Å²) in [5, 5.41) is 2.99. The zero-order chi connectivity index (χ0) is 19.3. The summed E-state index contributed by atoms with van der Waals surface area (Å²) >= 11 is 0. The smallest absolute Gasteiger partial charge is 0.279 e. The van der Waals surface area contributed by atoms with Crippen molar-refractivity contribution in [2.75, 3.05) is 11.9 Å². The van der Waals surface area contributed by atoms with Crippen LogP contribution in [0.3, 0.4) is 0 Å². The van der Waals surface area contributed by atoms with Crippen LogP contribution in [0.25, 0.3) is 0 Å². The van der Waals surface area contributed by atoms with Crippen molar-refractivity contribution in [3.05, 3.63) is 78.1 Å². The summed E-state index contributed by atoms with van der Waals surface area (Å²) in [4.78, 5) is 13.6. The van der Waals surface area contributed by atoms with Crippen molar-refractivity contribution in [1.29, 1.82) is 0 Å². The Hall–Kier alpha value is -2.79. The molecule has 0 fully saturated rings. The molecule has 0 atom stereocenters. The van der Waals surface area contributed by atoms with Crippen molar-refractivity contribution in [3.8, 4) is 0 Å². The lowest BCUT2D eigenvalue weighted by Crippen LogP contribution is -3.10. The fourth-order valence-electron chi connectivity index (χ4n) is 2.99. The molecule has 1 aromatic carbocycles. The van der Waals surface area contributed by atoms with Gasteiger partial charge in [0.1, 0.15) is 13.1 Å². The van der Waals surface area contributed by atoms with Crippen LogP contribution < -0.4 is 10.2 Å². The highest BCUT2D eigenvalue weighted by Crippen LogP contribution is 2.23. The third kappa shape index (κ3) is 5.59. The Balaban J connectivity index is 1.63. The van der Waals surface area contributed by atoms with Crippen molar-refractivity contribution < 1.29 is 18.5 Å². The molecule has 2 aromatic heterocycles. The Morgan fingerprint density at radius 2 is 1.48 bits per heavy atom. The van der Waals surface area contributed by atoms with E-state index in [0.717, 1.165) is 22.1 Å². The van der Waals surface area contributed by atoms with Crippen LogP contribution in [0.4, 0.5) is 5.69 Å². The van der Waals surface area contributed by atoms with Gasteiger partial charge < -0.3 is 19.1 Å². The lowest BCUT2D eigenvalue weighted by Gasteiger charge is -2.19. The monoisotopic (exact) mass is 367 g/mol. The van der Waals surface area contributed by atoms with Crippen LogP contribution in [0.15, 0.2) is 69.9 Å². The third-order valence-electron chi connectivity index (χ3n) is 4.45. The molecular weight excluding hydrogens is 340 g/mol. The van der Waals surface area contributed by atoms with Crippen LogP contribution >= 0.6 is 0 Å². The van der Waals surface area contributed by atoms with E-state index in [1.807, 2.05) is 36.4 Å². The minimum atomic E-state index is -0.0355. The maximum Gasteiger partial charge on any atom is 0.279 e. The fourth-order valence-corrected chi connectivity index (χ4v) is 2.99. The molecule has 1 amide bonds. The molecule has 3 rings (SSSR count). The van der Waals surface area contributed by atoms with Gasteiger partial charge in [-0.05, 0) is 47.4 Å². The van der Waals surface area contributed by atoms with Gasteiger partial charge in [0.2, 0.25) is 0 Å². The molecule has 0 spiro atoms. The first-order chi connectivity index (χ1) is 12.9. The highest BCUT2D eigenvalue weighted by molar-refractivity contribution is 5.91. The predicted molar refractivity (Wildman–Crippen MR) is 104 cm³/mol. The molecule has 0 saturated heterocycles. The molecule has 5 nitrogen and oxygen atoms in total. The third-order valence-corrected chi connectivity index (χ3v) is 4.45. The summed E-state index contributed by atoms with van der Waals surface area (Å²) < 4.78 is 10.9. The first-order valence-electron chi connectivity index (χ1n) is 9.19. The van der Waals surface area contributed by atoms with E-state index in [2.05, 4.69) is 38.2 Å². The first-order valence-corrected chi connectivity index (χ1v) is 9.19. The summed E-state index contributed by atoms with van der Waals surface area (Å²) in [6.07, 6.45) is 3.30. The molecule has 0 unspecified atom stereocenters. The summed E-state index contributed by atoms with van der Waals surface area (Å²) in [5.41, 5.74) is 2.14. The Labute approximate surface area is 160 Å². The number of quaternary nitrogens is 1. The van der Waals surface area contributed by atoms with Crippen molar-refractivity contribution in [3.63, 3.8) is 0 Å². The van der Waals surface area contributed by atoms with E-state index >= 15 is 0 Å². The molecular formula is C22H27N2O3+. The second-order valence-electron chi connectivity index (χ2n) is 7.81. The van der Waals surface area contributed by atoms with E-state index < -0.39 is 0 Å². The van der Waals surface area contributed by atoms with Crippen LogP contribution in [-0.4, -0.2) is 12.5 Å². The lowest BCUT2D eigenvalue weighted by atomic mass is 9.87. The maximum absolute atomic E-state index is 12.6. The minimum Gasteiger partial charge on any atom is -0.463 e. The lowest BCUT2D eigenvalue weighted by molar-refractivity contribution is -0.921. The Morgan fingerprint density at radius 1 is 0.926 bits per heavy atom. The number of benzene rings is 1. The van der Waals surface area contributed by atoms with Crippen molar-refractivity contribution in [2.45, 2.75) is 39.3 Å². The van der Waals surface area contributed by atoms with E-state index in [0.29, 0.717) is 19.6 Å². The van der Waals surface area contributed by atoms with Gasteiger partial charge in [-0.1, -0.05) is 32.9 Å². The van der Waals surface area contributed by atoms with E-state index in [-0.39, 0.29) is 11.3 Å². The van der Waals surface area contributed by atoms with Crippen molar-refractivity contribution in [2.24, 2.45) is 0 Å². The standard InChI is InChI=1S/C22H26N2O3/c1-22(2,3)17-8-10-18(11-9-17)23-21(25)16-24(14-19-6-4-12-26-19)15-20-7-5-13-27-20/h4-13H,14-16H2,1-3H3,(H,23,25)/p+1. The average Bonchev–Trinajstić information content (AvgIpc) is 3.28. The summed E-state index contributed by atoms with van der Waals surface area (Å²) in [6, 6.07) is 15.6. The molecule has 0 radical (unpaired) electrons. The Bertz CT molecular complexity index is 793. The molecule has 2 heterocycles. The van der Waals surface area contributed by atoms with E-state index in [9.17, 15) is 4.79 Å². The van der Waals surface area contributed by atoms with Gasteiger partial charge in [-0.15, -0.1) is 0 Å². The summed E-state index contributed by atoms with van der Waals surface area (Å²) in [7, 11) is 0. The Kier molecular flexibility index (Phi) is 5.81. The van der Waals surface area contributed by atoms with Gasteiger partial charge in [0.05, 0.1) is 12.5 Å². The number of hydrogen-bond donors (Lipinski definition) is 2. The van der Waals surface area contributed by atoms with Crippen molar-refractivity contribution >= 4 is 11.6 Å². The summed E-state index contributed by atoms with van der Waals surface area (Å²) in [5.74, 6) is 1.66. The highest BCUT2D eigenvalue weighted by Gasteiger charge is 2.19. The van der Waals surface area contributed by atoms with Gasteiger partial charge in [-0.3, -0.25) is 4.79 Å². The van der Waals surface area contributed by atoms with Crippen LogP contribution in [0.1, 0.15) is 37.9 Å². The minimum absolute atomic E-state index is 0.0355. The topological polar surface area (TPSA) is 59.8 Å². The first kappa shape index (κ1) is 19.0. The molecule has 0 saturated carbocycles. The molecule has 0 aliphatic heterocycles. The number of amides is 1. The maximum atomic E-state index is 12.6. The molecule has 0 aliphatic carbocycles. The van der Waals surface area contributed by atoms with Gasteiger partial charge in [-0.25, -0.2) is 0 Å². The molecule has 3 aromatic rings. The zero-order valence-electron chi connectivity index (χ0n) is 16.1. The predicted octanol–water partition coefficient (Wildman–Crippen LogP) is 3.39. The fraction of sp³-hybridized carbons (Fsp3) is 0.318. The van der Waals surface area contributed by atoms with Gasteiger partial charge in [0.15, 0.2) is 18.1 Å². The molecule has 27 heavy (non-hydrogen) atoms. The average molecular weight is 367 g/mol. The zero-order valence-corrected chi connectivity index (χ0v) is 16.1. The number of nitrogens with one attached hydrogen (secondary N) is 2. The van der Waals surface area contributed by atoms with Crippen LogP contribution in [-0.2, 0) is 23.3 Å². The number of carbonyl (C=O) groups excluding carboxylic acids is 1. The number of anilines is 1. The molecule has 0 bridgehead atoms. The van der Waals surface area contributed by atoms with E-state index in [4.69, 9.17) is 8.83 Å². The van der Waals surface area contributed by atoms with Crippen LogP contribution in [0.5, 0.6) is 0 Å². The second kappa shape index (κ2) is 8.27. The summed E-state index contributed by atoms with van der Waals surface area (Å²) in [6.45, 7) is 8.07. The van der Waals surface area contributed by atoms with Crippen LogP contribution in [0, 0.1) is 0 Å². The molecule has 2 N–H and O–H groups in total. The molecule has 5 heteroatoms. The SMILES string of the molecule is CC(C)(C)c1ccc(NC(=O)C[NH+](Cc2ccco2)Cc2ccco2)cc1. The van der Waals surface area contributed by atoms with E-state index in [1.54, 1.807) is 12.5 Å². The quantitative estimate of drug-likeness (QED) is 0.673. The van der Waals surface area contributed by atoms with Gasteiger partial charge in [0.25, 0.3) is 5.91 Å². The molecule has 142 valence electrons. The highest BCUT2D eigenvalue weighted by atomic mass is 16.3. The second-order valence-corrected chi connectivity index (χ2v) is 7.81. The normalized spacial score (nSPS) is 11.7. The number of furan rings is 2. The van der Waals surface area contributed by atoms with Gasteiger partial charge in [-0.2, -0.15) is 0 Å². The number of carbonyl (C=O) groups is 1. The molecule has 0 aliphatic rings. The van der Waals surface area contributed by atoms with Gasteiger partial charge in [0, 0.05) is 5.69 Å². The van der Waals surface area contributed by atoms with E-state index in [1.165, 1.54) is 5.56 Å². The van der Waals surface area contributed by atoms with Gasteiger partial charge >= 0.3 is 0 Å². The van der Waals surface area contributed by atoms with Crippen LogP contribution in [0.2, 0.25) is 0 Å².